The first-order valence-electron chi connectivity index (χ1n) is 6.79. The normalized spacial score (nSPS) is 17.6. The first kappa shape index (κ1) is 15.7. The summed E-state index contributed by atoms with van der Waals surface area (Å²) in [4.78, 5) is 17.9. The van der Waals surface area contributed by atoms with Gasteiger partial charge in [0.15, 0.2) is 0 Å². The van der Waals surface area contributed by atoms with Gasteiger partial charge in [-0.2, -0.15) is 0 Å². The molecular formula is C13H20N4O3S. The van der Waals surface area contributed by atoms with E-state index in [4.69, 9.17) is 0 Å². The SMILES string of the molecule is CN(C)c1ccc(C(=O)NCCN2CCCS2(=O)=O)cn1. The van der Waals surface area contributed by atoms with Gasteiger partial charge >= 0.3 is 0 Å². The number of pyridine rings is 1. The van der Waals surface area contributed by atoms with Crippen LogP contribution in [0, 0.1) is 0 Å². The van der Waals surface area contributed by atoms with Gasteiger partial charge < -0.3 is 10.2 Å². The fraction of sp³-hybridized carbons (Fsp3) is 0.538. The first-order chi connectivity index (χ1) is 9.90. The molecule has 0 atom stereocenters. The van der Waals surface area contributed by atoms with Gasteiger partial charge in [0.25, 0.3) is 5.91 Å². The maximum absolute atomic E-state index is 11.9. The van der Waals surface area contributed by atoms with Gasteiger partial charge in [-0.05, 0) is 18.6 Å². The summed E-state index contributed by atoms with van der Waals surface area (Å²) in [5.41, 5.74) is 0.463. The highest BCUT2D eigenvalue weighted by atomic mass is 32.2. The molecule has 1 aromatic rings. The Morgan fingerprint density at radius 2 is 2.19 bits per heavy atom. The zero-order valence-electron chi connectivity index (χ0n) is 12.2. The lowest BCUT2D eigenvalue weighted by molar-refractivity contribution is 0.0951. The van der Waals surface area contributed by atoms with Crippen molar-refractivity contribution in [3.05, 3.63) is 23.9 Å². The number of nitrogens with one attached hydrogen (secondary N) is 1. The molecular weight excluding hydrogens is 292 g/mol. The quantitative estimate of drug-likeness (QED) is 0.822. The molecule has 1 aliphatic rings. The van der Waals surface area contributed by atoms with Crippen LogP contribution in [0.3, 0.4) is 0 Å². The first-order valence-corrected chi connectivity index (χ1v) is 8.40. The van der Waals surface area contributed by atoms with Gasteiger partial charge in [0.2, 0.25) is 10.0 Å². The lowest BCUT2D eigenvalue weighted by Gasteiger charge is -2.14. The molecule has 0 bridgehead atoms. The summed E-state index contributed by atoms with van der Waals surface area (Å²) >= 11 is 0. The summed E-state index contributed by atoms with van der Waals surface area (Å²) in [5.74, 6) is 0.732. The third-order valence-corrected chi connectivity index (χ3v) is 5.27. The Balaban J connectivity index is 1.84. The molecule has 1 saturated heterocycles. The zero-order valence-corrected chi connectivity index (χ0v) is 13.1. The Bertz CT molecular complexity index is 598. The van der Waals surface area contributed by atoms with E-state index in [9.17, 15) is 13.2 Å². The van der Waals surface area contributed by atoms with Crippen LogP contribution < -0.4 is 10.2 Å². The van der Waals surface area contributed by atoms with Crippen LogP contribution in [0.25, 0.3) is 0 Å². The molecule has 0 radical (unpaired) electrons. The minimum atomic E-state index is -3.10. The molecule has 0 aromatic carbocycles. The largest absolute Gasteiger partial charge is 0.363 e. The van der Waals surface area contributed by atoms with Crippen LogP contribution in [0.2, 0.25) is 0 Å². The van der Waals surface area contributed by atoms with Crippen molar-refractivity contribution < 1.29 is 13.2 Å². The lowest BCUT2D eigenvalue weighted by Crippen LogP contribution is -2.35. The third kappa shape index (κ3) is 3.92. The summed E-state index contributed by atoms with van der Waals surface area (Å²) < 4.78 is 24.6. The number of nitrogens with zero attached hydrogens (tertiary/aromatic N) is 3. The number of carbonyl (C=O) groups is 1. The molecule has 1 N–H and O–H groups in total. The zero-order chi connectivity index (χ0) is 15.5. The molecule has 0 spiro atoms. The van der Waals surface area contributed by atoms with E-state index in [1.54, 1.807) is 12.1 Å². The van der Waals surface area contributed by atoms with Gasteiger partial charge in [-0.3, -0.25) is 4.79 Å². The van der Waals surface area contributed by atoms with Gasteiger partial charge in [0.05, 0.1) is 11.3 Å². The summed E-state index contributed by atoms with van der Waals surface area (Å²) in [6, 6.07) is 3.46. The Labute approximate surface area is 125 Å². The number of sulfonamides is 1. The average molecular weight is 312 g/mol. The highest BCUT2D eigenvalue weighted by Gasteiger charge is 2.27. The second kappa shape index (κ2) is 6.40. The predicted octanol–water partition coefficient (Wildman–Crippen LogP) is -0.0871. The molecule has 0 aliphatic carbocycles. The van der Waals surface area contributed by atoms with Crippen LogP contribution in [0.15, 0.2) is 18.3 Å². The van der Waals surface area contributed by atoms with Crippen LogP contribution in [0.4, 0.5) is 5.82 Å². The molecule has 1 aliphatic heterocycles. The Kier molecular flexibility index (Phi) is 4.79. The Morgan fingerprint density at radius 3 is 2.71 bits per heavy atom. The molecule has 2 rings (SSSR count). The van der Waals surface area contributed by atoms with Crippen molar-refractivity contribution in [3.63, 3.8) is 0 Å². The van der Waals surface area contributed by atoms with Crippen LogP contribution in [-0.4, -0.2) is 63.1 Å². The van der Waals surface area contributed by atoms with E-state index in [1.807, 2.05) is 19.0 Å². The predicted molar refractivity (Wildman–Crippen MR) is 80.9 cm³/mol. The monoisotopic (exact) mass is 312 g/mol. The number of anilines is 1. The van der Waals surface area contributed by atoms with Gasteiger partial charge in [-0.1, -0.05) is 0 Å². The van der Waals surface area contributed by atoms with Crippen LogP contribution in [0.1, 0.15) is 16.8 Å². The molecule has 0 unspecified atom stereocenters. The summed E-state index contributed by atoms with van der Waals surface area (Å²) in [7, 11) is 0.647. The molecule has 116 valence electrons. The fourth-order valence-electron chi connectivity index (χ4n) is 2.12. The van der Waals surface area contributed by atoms with E-state index in [2.05, 4.69) is 10.3 Å². The van der Waals surface area contributed by atoms with E-state index in [0.717, 1.165) is 5.82 Å². The number of carbonyl (C=O) groups excluding carboxylic acids is 1. The summed E-state index contributed by atoms with van der Waals surface area (Å²) in [6.45, 7) is 1.15. The topological polar surface area (TPSA) is 82.6 Å². The minimum Gasteiger partial charge on any atom is -0.363 e. The molecule has 0 saturated carbocycles. The highest BCUT2D eigenvalue weighted by Crippen LogP contribution is 2.12. The van der Waals surface area contributed by atoms with E-state index in [1.165, 1.54) is 10.5 Å². The van der Waals surface area contributed by atoms with Crippen molar-refractivity contribution in [1.82, 2.24) is 14.6 Å². The van der Waals surface area contributed by atoms with Crippen molar-refractivity contribution in [2.24, 2.45) is 0 Å². The number of amides is 1. The standard InChI is InChI=1S/C13H20N4O3S/c1-16(2)12-5-4-11(10-15-12)13(18)14-6-8-17-7-3-9-21(17,19)20/h4-5,10H,3,6-9H2,1-2H3,(H,14,18). The third-order valence-electron chi connectivity index (χ3n) is 3.32. The molecule has 1 aromatic heterocycles. The van der Waals surface area contributed by atoms with Gasteiger partial charge in [-0.15, -0.1) is 0 Å². The van der Waals surface area contributed by atoms with Gasteiger partial charge in [-0.25, -0.2) is 17.7 Å². The van der Waals surface area contributed by atoms with E-state index < -0.39 is 10.0 Å². The van der Waals surface area contributed by atoms with Crippen LogP contribution in [0.5, 0.6) is 0 Å². The average Bonchev–Trinajstić information content (AvgIpc) is 2.78. The van der Waals surface area contributed by atoms with Gasteiger partial charge in [0.1, 0.15) is 5.82 Å². The maximum atomic E-state index is 11.9. The maximum Gasteiger partial charge on any atom is 0.252 e. The smallest absolute Gasteiger partial charge is 0.252 e. The number of hydrogen-bond acceptors (Lipinski definition) is 5. The second-order valence-corrected chi connectivity index (χ2v) is 7.21. The van der Waals surface area contributed by atoms with Crippen molar-refractivity contribution in [3.8, 4) is 0 Å². The number of hydrogen-bond donors (Lipinski definition) is 1. The number of rotatable bonds is 5. The second-order valence-electron chi connectivity index (χ2n) is 5.12. The molecule has 2 heterocycles. The lowest BCUT2D eigenvalue weighted by atomic mass is 10.2. The van der Waals surface area contributed by atoms with Crippen LogP contribution >= 0.6 is 0 Å². The fourth-order valence-corrected chi connectivity index (χ4v) is 3.65. The minimum absolute atomic E-state index is 0.205. The van der Waals surface area contributed by atoms with Crippen molar-refractivity contribution in [1.29, 1.82) is 0 Å². The van der Waals surface area contributed by atoms with Crippen molar-refractivity contribution >= 4 is 21.7 Å². The molecule has 8 heteroatoms. The molecule has 21 heavy (non-hydrogen) atoms. The number of aromatic nitrogens is 1. The van der Waals surface area contributed by atoms with Crippen molar-refractivity contribution in [2.75, 3.05) is 44.4 Å². The van der Waals surface area contributed by atoms with Crippen molar-refractivity contribution in [2.45, 2.75) is 6.42 Å². The summed E-state index contributed by atoms with van der Waals surface area (Å²) in [6.07, 6.45) is 2.17. The van der Waals surface area contributed by atoms with E-state index in [0.29, 0.717) is 31.6 Å². The van der Waals surface area contributed by atoms with E-state index in [-0.39, 0.29) is 11.7 Å². The van der Waals surface area contributed by atoms with Gasteiger partial charge in [0, 0.05) is 39.9 Å². The Morgan fingerprint density at radius 1 is 1.43 bits per heavy atom. The Hall–Kier alpha value is -1.67. The molecule has 7 nitrogen and oxygen atoms in total. The summed E-state index contributed by atoms with van der Waals surface area (Å²) in [5, 5.41) is 2.71. The van der Waals surface area contributed by atoms with E-state index >= 15 is 0 Å². The highest BCUT2D eigenvalue weighted by molar-refractivity contribution is 7.89. The molecule has 1 fully saturated rings. The molecule has 1 amide bonds. The van der Waals surface area contributed by atoms with Crippen LogP contribution in [-0.2, 0) is 10.0 Å².